The monoisotopic (exact) mass is 189 g/mol. The second-order valence-corrected chi connectivity index (χ2v) is 3.31. The van der Waals surface area contributed by atoms with Crippen LogP contribution < -0.4 is 5.32 Å². The lowest BCUT2D eigenvalue weighted by Gasteiger charge is -2.06. The zero-order valence-electron chi connectivity index (χ0n) is 7.66. The number of hydrogen-bond donors (Lipinski definition) is 2. The third-order valence-corrected chi connectivity index (χ3v) is 2.46. The van der Waals surface area contributed by atoms with Crippen molar-refractivity contribution in [3.63, 3.8) is 0 Å². The van der Waals surface area contributed by atoms with Crippen molar-refractivity contribution in [2.45, 2.75) is 12.6 Å². The summed E-state index contributed by atoms with van der Waals surface area (Å²) in [5.74, 6) is -0.829. The van der Waals surface area contributed by atoms with Crippen molar-refractivity contribution in [3.8, 4) is 0 Å². The number of fused-ring (bicyclic) bond motifs is 1. The van der Waals surface area contributed by atoms with Gasteiger partial charge in [0.15, 0.2) is 0 Å². The maximum Gasteiger partial charge on any atom is 0.325 e. The van der Waals surface area contributed by atoms with Crippen LogP contribution in [0.4, 0.5) is 0 Å². The van der Waals surface area contributed by atoms with E-state index < -0.39 is 12.0 Å². The van der Waals surface area contributed by atoms with Gasteiger partial charge in [-0.05, 0) is 22.8 Å². The van der Waals surface area contributed by atoms with Crippen LogP contribution >= 0.6 is 0 Å². The maximum atomic E-state index is 10.9. The summed E-state index contributed by atoms with van der Waals surface area (Å²) >= 11 is 0. The molecule has 0 aliphatic carbocycles. The van der Waals surface area contributed by atoms with E-state index in [-0.39, 0.29) is 0 Å². The molecular weight excluding hydrogens is 178 g/mol. The Labute approximate surface area is 82.1 Å². The fourth-order valence-corrected chi connectivity index (χ4v) is 1.71. The van der Waals surface area contributed by atoms with E-state index in [9.17, 15) is 4.79 Å². The van der Waals surface area contributed by atoms with Gasteiger partial charge in [0, 0.05) is 6.54 Å². The van der Waals surface area contributed by atoms with Crippen molar-refractivity contribution in [1.82, 2.24) is 5.32 Å². The Morgan fingerprint density at radius 2 is 2.43 bits per heavy atom. The Hall–Kier alpha value is -1.61. The predicted octanol–water partition coefficient (Wildman–Crippen LogP) is 1.56. The summed E-state index contributed by atoms with van der Waals surface area (Å²) in [6.45, 7) is 4.29. The van der Waals surface area contributed by atoms with Gasteiger partial charge in [0.2, 0.25) is 0 Å². The van der Waals surface area contributed by atoms with Gasteiger partial charge in [-0.3, -0.25) is 10.1 Å². The molecular formula is C11H11NO2. The van der Waals surface area contributed by atoms with Crippen LogP contribution in [0.25, 0.3) is 6.08 Å². The van der Waals surface area contributed by atoms with Gasteiger partial charge in [0.25, 0.3) is 0 Å². The molecule has 1 atom stereocenters. The first-order chi connectivity index (χ1) is 6.72. The molecule has 2 N–H and O–H groups in total. The number of rotatable bonds is 2. The minimum atomic E-state index is -0.829. The van der Waals surface area contributed by atoms with Crippen molar-refractivity contribution in [2.24, 2.45) is 0 Å². The molecule has 1 aliphatic rings. The van der Waals surface area contributed by atoms with E-state index in [1.54, 1.807) is 6.08 Å². The van der Waals surface area contributed by atoms with E-state index in [0.717, 1.165) is 16.7 Å². The van der Waals surface area contributed by atoms with Crippen LogP contribution in [-0.4, -0.2) is 11.1 Å². The van der Waals surface area contributed by atoms with Crippen molar-refractivity contribution < 1.29 is 9.90 Å². The van der Waals surface area contributed by atoms with Crippen LogP contribution in [0, 0.1) is 0 Å². The Bertz CT molecular complexity index is 398. The lowest BCUT2D eigenvalue weighted by atomic mass is 10.0. The van der Waals surface area contributed by atoms with E-state index in [4.69, 9.17) is 5.11 Å². The van der Waals surface area contributed by atoms with Gasteiger partial charge in [-0.2, -0.15) is 0 Å². The zero-order chi connectivity index (χ0) is 10.1. The number of carboxylic acid groups (broad SMARTS) is 1. The third kappa shape index (κ3) is 1.32. The highest BCUT2D eigenvalue weighted by Gasteiger charge is 2.27. The van der Waals surface area contributed by atoms with Gasteiger partial charge in [0.05, 0.1) is 0 Å². The molecule has 1 aromatic carbocycles. The van der Waals surface area contributed by atoms with E-state index in [1.807, 2.05) is 18.2 Å². The highest BCUT2D eigenvalue weighted by molar-refractivity contribution is 5.77. The molecule has 0 saturated carbocycles. The van der Waals surface area contributed by atoms with Gasteiger partial charge in [-0.1, -0.05) is 24.8 Å². The second-order valence-electron chi connectivity index (χ2n) is 3.31. The predicted molar refractivity (Wildman–Crippen MR) is 53.7 cm³/mol. The fraction of sp³-hybridized carbons (Fsp3) is 0.182. The summed E-state index contributed by atoms with van der Waals surface area (Å²) in [5.41, 5.74) is 2.87. The molecule has 0 unspecified atom stereocenters. The molecule has 1 heterocycles. The first-order valence-electron chi connectivity index (χ1n) is 4.44. The molecule has 3 heteroatoms. The van der Waals surface area contributed by atoms with E-state index in [0.29, 0.717) is 6.54 Å². The molecule has 2 rings (SSSR count). The number of aliphatic carboxylic acids is 1. The Morgan fingerprint density at radius 1 is 1.64 bits per heavy atom. The summed E-state index contributed by atoms with van der Waals surface area (Å²) in [6, 6.07) is 5.20. The average Bonchev–Trinajstić information content (AvgIpc) is 2.59. The molecule has 14 heavy (non-hydrogen) atoms. The lowest BCUT2D eigenvalue weighted by molar-refractivity contribution is -0.139. The standard InChI is InChI=1S/C11H11NO2/c1-2-7-3-4-8-6-12-10(11(13)14)9(8)5-7/h2-5,10,12H,1,6H2,(H,13,14)/t10-/m1/s1. The molecule has 0 radical (unpaired) electrons. The largest absolute Gasteiger partial charge is 0.480 e. The Kier molecular flexibility index (Phi) is 2.09. The smallest absolute Gasteiger partial charge is 0.325 e. The van der Waals surface area contributed by atoms with Crippen LogP contribution in [0.15, 0.2) is 24.8 Å². The van der Waals surface area contributed by atoms with Crippen LogP contribution in [0.1, 0.15) is 22.7 Å². The third-order valence-electron chi connectivity index (χ3n) is 2.46. The number of carboxylic acids is 1. The van der Waals surface area contributed by atoms with Crippen LogP contribution in [0.3, 0.4) is 0 Å². The summed E-state index contributed by atoms with van der Waals surface area (Å²) in [4.78, 5) is 10.9. The van der Waals surface area contributed by atoms with E-state index in [2.05, 4.69) is 11.9 Å². The molecule has 1 aromatic rings. The topological polar surface area (TPSA) is 49.3 Å². The summed E-state index contributed by atoms with van der Waals surface area (Å²) < 4.78 is 0. The summed E-state index contributed by atoms with van der Waals surface area (Å²) in [5, 5.41) is 11.9. The lowest BCUT2D eigenvalue weighted by Crippen LogP contribution is -2.21. The van der Waals surface area contributed by atoms with Crippen molar-refractivity contribution in [3.05, 3.63) is 41.5 Å². The molecule has 3 nitrogen and oxygen atoms in total. The highest BCUT2D eigenvalue weighted by atomic mass is 16.4. The van der Waals surface area contributed by atoms with Crippen LogP contribution in [-0.2, 0) is 11.3 Å². The molecule has 0 saturated heterocycles. The molecule has 0 amide bonds. The normalized spacial score (nSPS) is 19.0. The van der Waals surface area contributed by atoms with Gasteiger partial charge < -0.3 is 5.11 Å². The van der Waals surface area contributed by atoms with Gasteiger partial charge in [-0.25, -0.2) is 0 Å². The minimum absolute atomic E-state index is 0.565. The van der Waals surface area contributed by atoms with Gasteiger partial charge in [0.1, 0.15) is 6.04 Å². The second kappa shape index (κ2) is 3.27. The van der Waals surface area contributed by atoms with Gasteiger partial charge in [-0.15, -0.1) is 0 Å². The first kappa shape index (κ1) is 8.97. The molecule has 0 aromatic heterocycles. The molecule has 0 bridgehead atoms. The maximum absolute atomic E-state index is 10.9. The van der Waals surface area contributed by atoms with Crippen LogP contribution in [0.5, 0.6) is 0 Å². The first-order valence-corrected chi connectivity index (χ1v) is 4.44. The SMILES string of the molecule is C=Cc1ccc2c(c1)[C@H](C(=O)O)NC2. The number of benzene rings is 1. The van der Waals surface area contributed by atoms with Crippen molar-refractivity contribution >= 4 is 12.0 Å². The molecule has 0 spiro atoms. The summed E-state index contributed by atoms with van der Waals surface area (Å²) in [6.07, 6.45) is 1.72. The van der Waals surface area contributed by atoms with Crippen molar-refractivity contribution in [1.29, 1.82) is 0 Å². The van der Waals surface area contributed by atoms with Crippen LogP contribution in [0.2, 0.25) is 0 Å². The molecule has 72 valence electrons. The average molecular weight is 189 g/mol. The molecule has 0 fully saturated rings. The van der Waals surface area contributed by atoms with Gasteiger partial charge >= 0.3 is 5.97 Å². The number of carbonyl (C=O) groups is 1. The quantitative estimate of drug-likeness (QED) is 0.742. The summed E-state index contributed by atoms with van der Waals surface area (Å²) in [7, 11) is 0. The minimum Gasteiger partial charge on any atom is -0.480 e. The fourth-order valence-electron chi connectivity index (χ4n) is 1.71. The number of nitrogens with one attached hydrogen (secondary N) is 1. The number of hydrogen-bond acceptors (Lipinski definition) is 2. The van der Waals surface area contributed by atoms with Crippen molar-refractivity contribution in [2.75, 3.05) is 0 Å². The zero-order valence-corrected chi connectivity index (χ0v) is 7.66. The highest BCUT2D eigenvalue weighted by Crippen LogP contribution is 2.26. The van der Waals surface area contributed by atoms with E-state index in [1.165, 1.54) is 0 Å². The Balaban J connectivity index is 2.46. The Morgan fingerprint density at radius 3 is 3.07 bits per heavy atom. The van der Waals surface area contributed by atoms with E-state index >= 15 is 0 Å². The molecule has 1 aliphatic heterocycles.